The van der Waals surface area contributed by atoms with Crippen LogP contribution in [-0.2, 0) is 0 Å². The van der Waals surface area contributed by atoms with Gasteiger partial charge in [0.2, 0.25) is 0 Å². The van der Waals surface area contributed by atoms with Gasteiger partial charge in [0.25, 0.3) is 0 Å². The molecule has 20 heavy (non-hydrogen) atoms. The molecule has 0 bridgehead atoms. The van der Waals surface area contributed by atoms with Crippen molar-refractivity contribution in [3.8, 4) is 0 Å². The van der Waals surface area contributed by atoms with Crippen LogP contribution in [-0.4, -0.2) is 0 Å². The molecule has 3 aromatic rings. The topological polar surface area (TPSA) is 38.0 Å². The second-order valence-corrected chi connectivity index (χ2v) is 6.55. The maximum Gasteiger partial charge on any atom is 0.134 e. The fourth-order valence-corrected chi connectivity index (χ4v) is 4.37. The molecule has 0 fully saturated rings. The van der Waals surface area contributed by atoms with E-state index in [4.69, 9.17) is 5.84 Å². The van der Waals surface area contributed by atoms with E-state index in [9.17, 15) is 8.78 Å². The second kappa shape index (κ2) is 5.21. The molecule has 0 saturated carbocycles. The van der Waals surface area contributed by atoms with E-state index >= 15 is 0 Å². The van der Waals surface area contributed by atoms with Crippen LogP contribution in [0, 0.1) is 18.6 Å². The van der Waals surface area contributed by atoms with Gasteiger partial charge in [0.15, 0.2) is 0 Å². The van der Waals surface area contributed by atoms with Gasteiger partial charge in [-0.25, -0.2) is 14.2 Å². The first-order valence-corrected chi connectivity index (χ1v) is 7.69. The van der Waals surface area contributed by atoms with Crippen molar-refractivity contribution in [2.24, 2.45) is 5.84 Å². The standard InChI is InChI=1S/C14H12F2N2S2/c1-7-2-3-8(15)12(13(7)16)14(18-17)11-6-10-9(20-11)4-5-19-10/h2-6,14,18H,17H2,1H3. The number of aryl methyl sites for hydroxylation is 1. The summed E-state index contributed by atoms with van der Waals surface area (Å²) >= 11 is 3.09. The Labute approximate surface area is 122 Å². The van der Waals surface area contributed by atoms with Crippen molar-refractivity contribution in [3.05, 3.63) is 57.3 Å². The van der Waals surface area contributed by atoms with E-state index in [-0.39, 0.29) is 5.56 Å². The van der Waals surface area contributed by atoms with Gasteiger partial charge in [-0.1, -0.05) is 6.07 Å². The van der Waals surface area contributed by atoms with E-state index in [1.165, 1.54) is 23.5 Å². The molecule has 0 saturated heterocycles. The number of hydrogen-bond donors (Lipinski definition) is 2. The number of hydrogen-bond acceptors (Lipinski definition) is 4. The Hall–Kier alpha value is -1.34. The van der Waals surface area contributed by atoms with Crippen molar-refractivity contribution < 1.29 is 8.78 Å². The predicted molar refractivity (Wildman–Crippen MR) is 80.0 cm³/mol. The molecule has 0 amide bonds. The molecule has 0 aliphatic heterocycles. The first-order chi connectivity index (χ1) is 9.61. The number of fused-ring (bicyclic) bond motifs is 1. The van der Waals surface area contributed by atoms with Crippen molar-refractivity contribution in [3.63, 3.8) is 0 Å². The van der Waals surface area contributed by atoms with Crippen molar-refractivity contribution in [2.75, 3.05) is 0 Å². The largest absolute Gasteiger partial charge is 0.271 e. The molecule has 1 atom stereocenters. The van der Waals surface area contributed by atoms with Crippen molar-refractivity contribution in [1.29, 1.82) is 0 Å². The number of rotatable bonds is 3. The molecular weight excluding hydrogens is 298 g/mol. The number of hydrazine groups is 1. The summed E-state index contributed by atoms with van der Waals surface area (Å²) in [5.41, 5.74) is 2.91. The minimum absolute atomic E-state index is 0.0265. The highest BCUT2D eigenvalue weighted by molar-refractivity contribution is 7.27. The highest BCUT2D eigenvalue weighted by Crippen LogP contribution is 2.37. The van der Waals surface area contributed by atoms with Gasteiger partial charge in [-0.15, -0.1) is 22.7 Å². The molecule has 2 heterocycles. The maximum atomic E-state index is 14.2. The molecule has 6 heteroatoms. The quantitative estimate of drug-likeness (QED) is 0.564. The van der Waals surface area contributed by atoms with Crippen molar-refractivity contribution in [2.45, 2.75) is 13.0 Å². The molecule has 104 valence electrons. The van der Waals surface area contributed by atoms with Crippen molar-refractivity contribution in [1.82, 2.24) is 5.43 Å². The van der Waals surface area contributed by atoms with E-state index in [0.717, 1.165) is 14.3 Å². The third kappa shape index (κ3) is 2.14. The average molecular weight is 310 g/mol. The number of nitrogens with two attached hydrogens (primary N) is 1. The van der Waals surface area contributed by atoms with Gasteiger partial charge >= 0.3 is 0 Å². The number of halogens is 2. The van der Waals surface area contributed by atoms with Crippen LogP contribution in [0.5, 0.6) is 0 Å². The maximum absolute atomic E-state index is 14.2. The number of benzene rings is 1. The van der Waals surface area contributed by atoms with E-state index in [2.05, 4.69) is 5.43 Å². The summed E-state index contributed by atoms with van der Waals surface area (Å²) in [6, 6.07) is 5.93. The van der Waals surface area contributed by atoms with Crippen LogP contribution >= 0.6 is 22.7 Å². The van der Waals surface area contributed by atoms with Gasteiger partial charge in [-0.2, -0.15) is 0 Å². The van der Waals surface area contributed by atoms with Gasteiger partial charge in [0.05, 0.1) is 6.04 Å². The summed E-state index contributed by atoms with van der Waals surface area (Å²) in [7, 11) is 0. The Morgan fingerprint density at radius 3 is 2.70 bits per heavy atom. The lowest BCUT2D eigenvalue weighted by Crippen LogP contribution is -2.30. The SMILES string of the molecule is Cc1ccc(F)c(C(NN)c2cc3sccc3s2)c1F. The highest BCUT2D eigenvalue weighted by Gasteiger charge is 2.24. The van der Waals surface area contributed by atoms with Crippen LogP contribution in [0.3, 0.4) is 0 Å². The molecule has 0 aliphatic rings. The Morgan fingerprint density at radius 1 is 1.20 bits per heavy atom. The predicted octanol–water partition coefficient (Wildman–Crippen LogP) is 4.10. The lowest BCUT2D eigenvalue weighted by molar-refractivity contribution is 0.509. The Balaban J connectivity index is 2.15. The fraction of sp³-hybridized carbons (Fsp3) is 0.143. The molecule has 2 nitrogen and oxygen atoms in total. The number of nitrogens with one attached hydrogen (secondary N) is 1. The molecule has 0 aliphatic carbocycles. The molecular formula is C14H12F2N2S2. The first kappa shape index (κ1) is 13.6. The lowest BCUT2D eigenvalue weighted by Gasteiger charge is -2.17. The van der Waals surface area contributed by atoms with E-state index in [0.29, 0.717) is 5.56 Å². The van der Waals surface area contributed by atoms with Crippen LogP contribution in [0.25, 0.3) is 9.40 Å². The first-order valence-electron chi connectivity index (χ1n) is 5.99. The van der Waals surface area contributed by atoms with Gasteiger partial charge in [-0.05, 0) is 36.1 Å². The van der Waals surface area contributed by atoms with Crippen LogP contribution in [0.2, 0.25) is 0 Å². The van der Waals surface area contributed by atoms with Crippen LogP contribution in [0.15, 0.2) is 29.6 Å². The average Bonchev–Trinajstić information content (AvgIpc) is 3.00. The minimum Gasteiger partial charge on any atom is -0.271 e. The van der Waals surface area contributed by atoms with Crippen LogP contribution < -0.4 is 11.3 Å². The van der Waals surface area contributed by atoms with Crippen LogP contribution in [0.4, 0.5) is 8.78 Å². The highest BCUT2D eigenvalue weighted by atomic mass is 32.1. The zero-order valence-electron chi connectivity index (χ0n) is 10.6. The summed E-state index contributed by atoms with van der Waals surface area (Å²) in [6.07, 6.45) is 0. The van der Waals surface area contributed by atoms with Crippen molar-refractivity contribution >= 4 is 32.1 Å². The Bertz CT molecular complexity index is 735. The fourth-order valence-electron chi connectivity index (χ4n) is 2.18. The summed E-state index contributed by atoms with van der Waals surface area (Å²) in [6.45, 7) is 1.61. The summed E-state index contributed by atoms with van der Waals surface area (Å²) in [5, 5.41) is 1.99. The molecule has 1 unspecified atom stereocenters. The second-order valence-electron chi connectivity index (χ2n) is 4.49. The molecule has 3 N–H and O–H groups in total. The molecule has 3 rings (SSSR count). The van der Waals surface area contributed by atoms with Gasteiger partial charge in [0.1, 0.15) is 11.6 Å². The summed E-state index contributed by atoms with van der Waals surface area (Å²) in [4.78, 5) is 0.803. The van der Waals surface area contributed by atoms with Gasteiger partial charge < -0.3 is 0 Å². The minimum atomic E-state index is -0.681. The third-order valence-corrected chi connectivity index (χ3v) is 5.38. The number of thiophene rings is 2. The smallest absolute Gasteiger partial charge is 0.134 e. The van der Waals surface area contributed by atoms with E-state index in [1.54, 1.807) is 18.3 Å². The molecule has 0 radical (unpaired) electrons. The molecule has 2 aromatic heterocycles. The monoisotopic (exact) mass is 310 g/mol. The van der Waals surface area contributed by atoms with Gasteiger partial charge in [0, 0.05) is 19.8 Å². The van der Waals surface area contributed by atoms with Crippen LogP contribution in [0.1, 0.15) is 22.0 Å². The third-order valence-electron chi connectivity index (χ3n) is 3.22. The normalized spacial score (nSPS) is 13.0. The Kier molecular flexibility index (Phi) is 3.55. The lowest BCUT2D eigenvalue weighted by atomic mass is 10.0. The summed E-state index contributed by atoms with van der Waals surface area (Å²) in [5.74, 6) is 4.40. The van der Waals surface area contributed by atoms with E-state index in [1.807, 2.05) is 17.5 Å². The van der Waals surface area contributed by atoms with Gasteiger partial charge in [-0.3, -0.25) is 5.84 Å². The zero-order valence-corrected chi connectivity index (χ0v) is 12.2. The molecule has 0 spiro atoms. The Morgan fingerprint density at radius 2 is 2.00 bits per heavy atom. The van der Waals surface area contributed by atoms with E-state index < -0.39 is 17.7 Å². The molecule has 1 aromatic carbocycles. The zero-order chi connectivity index (χ0) is 14.3. The summed E-state index contributed by atoms with van der Waals surface area (Å²) < 4.78 is 30.4.